The van der Waals surface area contributed by atoms with Crippen molar-refractivity contribution in [1.29, 1.82) is 0 Å². The fourth-order valence-electron chi connectivity index (χ4n) is 3.77. The summed E-state index contributed by atoms with van der Waals surface area (Å²) in [4.78, 5) is 11.7. The molecule has 0 aliphatic heterocycles. The number of benzene rings is 2. The van der Waals surface area contributed by atoms with Gasteiger partial charge < -0.3 is 15.4 Å². The summed E-state index contributed by atoms with van der Waals surface area (Å²) in [6.45, 7) is 2.15. The van der Waals surface area contributed by atoms with Gasteiger partial charge in [-0.15, -0.1) is 0 Å². The highest BCUT2D eigenvalue weighted by molar-refractivity contribution is 7.80. The predicted octanol–water partition coefficient (Wildman–Crippen LogP) is 4.54. The molecule has 26 heavy (non-hydrogen) atoms. The number of carbonyl (C=O) groups is 1. The molecule has 0 saturated heterocycles. The lowest BCUT2D eigenvalue weighted by Gasteiger charge is -2.33. The number of hydrogen-bond acceptors (Lipinski definition) is 3. The Hall–Kier alpha value is -2.40. The molecule has 136 valence electrons. The second-order valence-electron chi connectivity index (χ2n) is 6.76. The zero-order chi connectivity index (χ0) is 18.6. The van der Waals surface area contributed by atoms with E-state index in [1.54, 1.807) is 12.1 Å². The van der Waals surface area contributed by atoms with E-state index in [1.807, 2.05) is 12.1 Å². The van der Waals surface area contributed by atoms with Crippen molar-refractivity contribution in [3.05, 3.63) is 65.2 Å². The Bertz CT molecular complexity index is 813. The quantitative estimate of drug-likeness (QED) is 0.613. The lowest BCUT2D eigenvalue weighted by Crippen LogP contribution is -2.46. The van der Waals surface area contributed by atoms with Crippen molar-refractivity contribution in [2.24, 2.45) is 0 Å². The number of nitrogens with one attached hydrogen (secondary N) is 2. The normalized spacial score (nSPS) is 15.3. The van der Waals surface area contributed by atoms with E-state index in [4.69, 9.17) is 17.0 Å². The van der Waals surface area contributed by atoms with E-state index in [2.05, 4.69) is 41.8 Å². The van der Waals surface area contributed by atoms with Gasteiger partial charge in [0.15, 0.2) is 5.11 Å². The summed E-state index contributed by atoms with van der Waals surface area (Å²) in [5.74, 6) is -0.361. The Balaban J connectivity index is 1.78. The summed E-state index contributed by atoms with van der Waals surface area (Å²) in [6, 6.07) is 15.6. The third kappa shape index (κ3) is 3.88. The first kappa shape index (κ1) is 18.4. The summed E-state index contributed by atoms with van der Waals surface area (Å²) in [7, 11) is 1.38. The minimum absolute atomic E-state index is 0.130. The monoisotopic (exact) mass is 368 g/mol. The Morgan fingerprint density at radius 2 is 1.85 bits per heavy atom. The first-order chi connectivity index (χ1) is 12.5. The Morgan fingerprint density at radius 3 is 2.54 bits per heavy atom. The molecule has 0 aromatic heterocycles. The number of carbonyl (C=O) groups excluding carboxylic acids is 1. The Morgan fingerprint density at radius 1 is 1.12 bits per heavy atom. The van der Waals surface area contributed by atoms with E-state index in [1.165, 1.54) is 31.1 Å². The van der Waals surface area contributed by atoms with Crippen molar-refractivity contribution in [1.82, 2.24) is 5.32 Å². The van der Waals surface area contributed by atoms with Gasteiger partial charge in [0.1, 0.15) is 0 Å². The SMILES string of the molecule is COC(=O)c1cccc(NC(=S)NC2(c3ccccc3C)CCCC2)c1. The fourth-order valence-corrected chi connectivity index (χ4v) is 4.08. The van der Waals surface area contributed by atoms with Crippen LogP contribution in [0.1, 0.15) is 47.2 Å². The molecule has 2 N–H and O–H groups in total. The average Bonchev–Trinajstić information content (AvgIpc) is 3.10. The van der Waals surface area contributed by atoms with Gasteiger partial charge in [0.25, 0.3) is 0 Å². The Labute approximate surface area is 160 Å². The number of rotatable bonds is 4. The lowest BCUT2D eigenvalue weighted by atomic mass is 9.85. The van der Waals surface area contributed by atoms with Gasteiger partial charge in [-0.1, -0.05) is 43.2 Å². The van der Waals surface area contributed by atoms with Gasteiger partial charge in [0.05, 0.1) is 18.2 Å². The topological polar surface area (TPSA) is 50.4 Å². The molecule has 0 unspecified atom stereocenters. The van der Waals surface area contributed by atoms with Crippen molar-refractivity contribution in [2.45, 2.75) is 38.1 Å². The molecule has 2 aromatic carbocycles. The second kappa shape index (κ2) is 7.87. The van der Waals surface area contributed by atoms with Crippen molar-refractivity contribution < 1.29 is 9.53 Å². The van der Waals surface area contributed by atoms with E-state index in [0.717, 1.165) is 18.5 Å². The van der Waals surface area contributed by atoms with Gasteiger partial charge in [-0.25, -0.2) is 4.79 Å². The van der Waals surface area contributed by atoms with E-state index >= 15 is 0 Å². The van der Waals surface area contributed by atoms with Crippen molar-refractivity contribution in [3.63, 3.8) is 0 Å². The van der Waals surface area contributed by atoms with Crippen molar-refractivity contribution in [2.75, 3.05) is 12.4 Å². The smallest absolute Gasteiger partial charge is 0.337 e. The summed E-state index contributed by atoms with van der Waals surface area (Å²) in [5.41, 5.74) is 3.72. The van der Waals surface area contributed by atoms with Crippen LogP contribution in [0.2, 0.25) is 0 Å². The molecule has 1 saturated carbocycles. The van der Waals surface area contributed by atoms with Gasteiger partial charge in [-0.3, -0.25) is 0 Å². The van der Waals surface area contributed by atoms with Crippen molar-refractivity contribution in [3.8, 4) is 0 Å². The van der Waals surface area contributed by atoms with Crippen LogP contribution in [0, 0.1) is 6.92 Å². The van der Waals surface area contributed by atoms with Crippen LogP contribution in [-0.4, -0.2) is 18.2 Å². The molecule has 5 heteroatoms. The summed E-state index contributed by atoms with van der Waals surface area (Å²) >= 11 is 5.59. The molecule has 1 aliphatic carbocycles. The molecule has 0 radical (unpaired) electrons. The van der Waals surface area contributed by atoms with Gasteiger partial charge in [-0.2, -0.15) is 0 Å². The van der Waals surface area contributed by atoms with E-state index < -0.39 is 0 Å². The summed E-state index contributed by atoms with van der Waals surface area (Å²) < 4.78 is 4.78. The van der Waals surface area contributed by atoms with Crippen molar-refractivity contribution >= 4 is 29.0 Å². The van der Waals surface area contributed by atoms with Crippen LogP contribution in [0.25, 0.3) is 0 Å². The Kier molecular flexibility index (Phi) is 5.57. The molecular weight excluding hydrogens is 344 g/mol. The summed E-state index contributed by atoms with van der Waals surface area (Å²) in [5, 5.41) is 7.35. The van der Waals surface area contributed by atoms with Crippen LogP contribution in [-0.2, 0) is 10.3 Å². The van der Waals surface area contributed by atoms with Gasteiger partial charge >= 0.3 is 5.97 Å². The predicted molar refractivity (Wildman–Crippen MR) is 108 cm³/mol. The molecule has 1 fully saturated rings. The van der Waals surface area contributed by atoms with E-state index in [9.17, 15) is 4.79 Å². The number of methoxy groups -OCH3 is 1. The van der Waals surface area contributed by atoms with Gasteiger partial charge in [-0.05, 0) is 61.3 Å². The molecule has 0 atom stereocenters. The van der Waals surface area contributed by atoms with Crippen LogP contribution in [0.5, 0.6) is 0 Å². The standard InChI is InChI=1S/C21H24N2O2S/c1-15-8-3-4-11-18(15)21(12-5-6-13-21)23-20(26)22-17-10-7-9-16(14-17)19(24)25-2/h3-4,7-11,14H,5-6,12-13H2,1-2H3,(H2,22,23,26). The van der Waals surface area contributed by atoms with Crippen LogP contribution in [0.4, 0.5) is 5.69 Å². The number of ether oxygens (including phenoxy) is 1. The number of esters is 1. The van der Waals surface area contributed by atoms with E-state index in [-0.39, 0.29) is 11.5 Å². The number of hydrogen-bond donors (Lipinski definition) is 2. The molecule has 0 bridgehead atoms. The van der Waals surface area contributed by atoms with Crippen LogP contribution < -0.4 is 10.6 Å². The highest BCUT2D eigenvalue weighted by Gasteiger charge is 2.37. The third-order valence-electron chi connectivity index (χ3n) is 5.01. The molecule has 4 nitrogen and oxygen atoms in total. The molecule has 0 amide bonds. The van der Waals surface area contributed by atoms with Gasteiger partial charge in [0, 0.05) is 5.69 Å². The molecule has 1 aliphatic rings. The molecule has 2 aromatic rings. The lowest BCUT2D eigenvalue weighted by molar-refractivity contribution is 0.0601. The minimum Gasteiger partial charge on any atom is -0.465 e. The number of aryl methyl sites for hydroxylation is 1. The summed E-state index contributed by atoms with van der Waals surface area (Å²) in [6.07, 6.45) is 4.48. The molecule has 3 rings (SSSR count). The van der Waals surface area contributed by atoms with Crippen LogP contribution in [0.15, 0.2) is 48.5 Å². The highest BCUT2D eigenvalue weighted by atomic mass is 32.1. The van der Waals surface area contributed by atoms with Crippen LogP contribution >= 0.6 is 12.2 Å². The maximum atomic E-state index is 11.7. The molecule has 0 spiro atoms. The maximum absolute atomic E-state index is 11.7. The first-order valence-corrected chi connectivity index (χ1v) is 9.28. The third-order valence-corrected chi connectivity index (χ3v) is 5.22. The fraction of sp³-hybridized carbons (Fsp3) is 0.333. The van der Waals surface area contributed by atoms with Gasteiger partial charge in [0.2, 0.25) is 0 Å². The zero-order valence-corrected chi connectivity index (χ0v) is 16.0. The average molecular weight is 369 g/mol. The number of thiocarbonyl (C=S) groups is 1. The number of anilines is 1. The first-order valence-electron chi connectivity index (χ1n) is 8.88. The minimum atomic E-state index is -0.361. The second-order valence-corrected chi connectivity index (χ2v) is 7.16. The maximum Gasteiger partial charge on any atom is 0.337 e. The highest BCUT2D eigenvalue weighted by Crippen LogP contribution is 2.40. The largest absolute Gasteiger partial charge is 0.465 e. The zero-order valence-electron chi connectivity index (χ0n) is 15.2. The molecular formula is C21H24N2O2S. The van der Waals surface area contributed by atoms with E-state index in [0.29, 0.717) is 10.7 Å². The molecule has 0 heterocycles. The van der Waals surface area contributed by atoms with Crippen LogP contribution in [0.3, 0.4) is 0 Å².